The van der Waals surface area contributed by atoms with Crippen molar-refractivity contribution in [1.82, 2.24) is 9.97 Å². The molecule has 0 unspecified atom stereocenters. The van der Waals surface area contributed by atoms with Gasteiger partial charge in [-0.3, -0.25) is 0 Å². The third kappa shape index (κ3) is 1.42. The summed E-state index contributed by atoms with van der Waals surface area (Å²) in [4.78, 5) is 7.74. The Bertz CT molecular complexity index is 372. The number of benzene rings is 1. The van der Waals surface area contributed by atoms with Crippen LogP contribution in [0.3, 0.4) is 0 Å². The molecule has 1 aromatic carbocycles. The van der Waals surface area contributed by atoms with E-state index in [1.807, 2.05) is 24.3 Å². The lowest BCUT2D eigenvalue weighted by Gasteiger charge is -1.98. The lowest BCUT2D eigenvalue weighted by Crippen LogP contribution is -2.53. The van der Waals surface area contributed by atoms with Crippen molar-refractivity contribution in [2.45, 2.75) is 19.4 Å². The second-order valence-corrected chi connectivity index (χ2v) is 3.24. The van der Waals surface area contributed by atoms with Crippen molar-refractivity contribution in [3.63, 3.8) is 0 Å². The number of aromatic amines is 1. The van der Waals surface area contributed by atoms with Gasteiger partial charge in [0.15, 0.2) is 5.82 Å². The summed E-state index contributed by atoms with van der Waals surface area (Å²) >= 11 is 0. The van der Waals surface area contributed by atoms with Gasteiger partial charge in [0.25, 0.3) is 0 Å². The van der Waals surface area contributed by atoms with E-state index in [1.54, 1.807) is 0 Å². The number of hydrogen-bond donors (Lipinski definition) is 2. The number of H-pyrrole nitrogens is 1. The Morgan fingerprint density at radius 1 is 1.46 bits per heavy atom. The largest absolute Gasteiger partial charge is 0.349 e. The Balaban J connectivity index is 2.49. The van der Waals surface area contributed by atoms with E-state index in [0.717, 1.165) is 23.3 Å². The molecular formula is C10H14N3+. The fourth-order valence-electron chi connectivity index (χ4n) is 1.36. The second-order valence-electron chi connectivity index (χ2n) is 3.24. The van der Waals surface area contributed by atoms with E-state index in [9.17, 15) is 0 Å². The van der Waals surface area contributed by atoms with Crippen LogP contribution in [0.4, 0.5) is 0 Å². The lowest BCUT2D eigenvalue weighted by atomic mass is 10.2. The molecule has 0 saturated carbocycles. The second kappa shape index (κ2) is 3.18. The molecule has 0 bridgehead atoms. The van der Waals surface area contributed by atoms with Crippen LogP contribution in [-0.4, -0.2) is 9.97 Å². The molecule has 2 aromatic rings. The molecule has 2 rings (SSSR count). The Morgan fingerprint density at radius 3 is 2.92 bits per heavy atom. The summed E-state index contributed by atoms with van der Waals surface area (Å²) in [7, 11) is 0. The van der Waals surface area contributed by atoms with Crippen LogP contribution in [0.15, 0.2) is 24.3 Å². The van der Waals surface area contributed by atoms with Crippen LogP contribution in [0.1, 0.15) is 25.2 Å². The van der Waals surface area contributed by atoms with Gasteiger partial charge in [-0.15, -0.1) is 0 Å². The lowest BCUT2D eigenvalue weighted by molar-refractivity contribution is -0.429. The van der Waals surface area contributed by atoms with E-state index in [4.69, 9.17) is 0 Å². The Hall–Kier alpha value is -1.35. The van der Waals surface area contributed by atoms with E-state index < -0.39 is 0 Å². The minimum Gasteiger partial charge on any atom is -0.349 e. The standard InChI is InChI=1S/C10H13N3/c1-2-7(11)10-12-8-5-3-4-6-9(8)13-10/h3-7H,2,11H2,1H3,(H,12,13)/p+1/t7-/m0/s1. The maximum atomic E-state index is 4.47. The first kappa shape index (κ1) is 8.26. The van der Waals surface area contributed by atoms with Gasteiger partial charge >= 0.3 is 0 Å². The number of hydrogen-bond acceptors (Lipinski definition) is 1. The van der Waals surface area contributed by atoms with Crippen molar-refractivity contribution in [3.8, 4) is 0 Å². The maximum absolute atomic E-state index is 4.47. The first-order valence-corrected chi connectivity index (χ1v) is 4.59. The SMILES string of the molecule is CC[C@H]([NH3+])c1nc2ccccc2[nH]1. The van der Waals surface area contributed by atoms with Crippen LogP contribution in [-0.2, 0) is 0 Å². The minimum atomic E-state index is 0.271. The van der Waals surface area contributed by atoms with Gasteiger partial charge in [0.1, 0.15) is 6.04 Å². The van der Waals surface area contributed by atoms with E-state index in [0.29, 0.717) is 0 Å². The molecule has 0 aliphatic heterocycles. The number of aromatic nitrogens is 2. The zero-order chi connectivity index (χ0) is 9.26. The number of imidazole rings is 1. The third-order valence-electron chi connectivity index (χ3n) is 2.29. The predicted molar refractivity (Wildman–Crippen MR) is 52.0 cm³/mol. The van der Waals surface area contributed by atoms with Gasteiger partial charge in [-0.1, -0.05) is 19.1 Å². The van der Waals surface area contributed by atoms with E-state index in [2.05, 4.69) is 22.6 Å². The summed E-state index contributed by atoms with van der Waals surface area (Å²) in [6, 6.07) is 8.32. The van der Waals surface area contributed by atoms with Crippen molar-refractivity contribution < 1.29 is 5.73 Å². The number of nitrogens with zero attached hydrogens (tertiary/aromatic N) is 1. The monoisotopic (exact) mass is 176 g/mol. The quantitative estimate of drug-likeness (QED) is 0.711. The molecule has 13 heavy (non-hydrogen) atoms. The highest BCUT2D eigenvalue weighted by molar-refractivity contribution is 5.74. The number of quaternary nitrogens is 1. The van der Waals surface area contributed by atoms with Crippen LogP contribution >= 0.6 is 0 Å². The Kier molecular flexibility index (Phi) is 2.02. The van der Waals surface area contributed by atoms with E-state index in [-0.39, 0.29) is 6.04 Å². The zero-order valence-corrected chi connectivity index (χ0v) is 7.75. The Morgan fingerprint density at radius 2 is 2.23 bits per heavy atom. The van der Waals surface area contributed by atoms with E-state index in [1.165, 1.54) is 0 Å². The fraction of sp³-hybridized carbons (Fsp3) is 0.300. The van der Waals surface area contributed by atoms with Gasteiger partial charge in [-0.05, 0) is 12.1 Å². The van der Waals surface area contributed by atoms with Crippen LogP contribution in [0, 0.1) is 0 Å². The molecule has 0 amide bonds. The van der Waals surface area contributed by atoms with Crippen LogP contribution < -0.4 is 5.73 Å². The van der Waals surface area contributed by atoms with Crippen molar-refractivity contribution in [3.05, 3.63) is 30.1 Å². The van der Waals surface area contributed by atoms with Crippen LogP contribution in [0.5, 0.6) is 0 Å². The maximum Gasteiger partial charge on any atom is 0.165 e. The van der Waals surface area contributed by atoms with Crippen molar-refractivity contribution in [2.75, 3.05) is 0 Å². The molecule has 1 atom stereocenters. The van der Waals surface area contributed by atoms with Gasteiger partial charge in [-0.25, -0.2) is 4.98 Å². The first-order chi connectivity index (χ1) is 6.31. The molecule has 0 fully saturated rings. The van der Waals surface area contributed by atoms with E-state index >= 15 is 0 Å². The summed E-state index contributed by atoms with van der Waals surface area (Å²) in [6.45, 7) is 2.12. The zero-order valence-electron chi connectivity index (χ0n) is 7.75. The van der Waals surface area contributed by atoms with Gasteiger partial charge < -0.3 is 10.7 Å². The van der Waals surface area contributed by atoms with Crippen molar-refractivity contribution in [2.24, 2.45) is 0 Å². The molecular weight excluding hydrogens is 162 g/mol. The summed E-state index contributed by atoms with van der Waals surface area (Å²) in [6.07, 6.45) is 1.01. The van der Waals surface area contributed by atoms with Crippen molar-refractivity contribution >= 4 is 11.0 Å². The average molecular weight is 176 g/mol. The third-order valence-corrected chi connectivity index (χ3v) is 2.29. The molecule has 0 saturated heterocycles. The minimum absolute atomic E-state index is 0.271. The normalized spacial score (nSPS) is 13.4. The summed E-state index contributed by atoms with van der Waals surface area (Å²) in [5.41, 5.74) is 6.15. The summed E-state index contributed by atoms with van der Waals surface area (Å²) < 4.78 is 0. The molecule has 4 N–H and O–H groups in total. The molecule has 0 spiro atoms. The average Bonchev–Trinajstić information content (AvgIpc) is 2.59. The van der Waals surface area contributed by atoms with Gasteiger partial charge in [0.2, 0.25) is 0 Å². The first-order valence-electron chi connectivity index (χ1n) is 4.59. The predicted octanol–water partition coefficient (Wildman–Crippen LogP) is 1.26. The molecule has 3 nitrogen and oxygen atoms in total. The molecule has 1 heterocycles. The molecule has 0 radical (unpaired) electrons. The number of fused-ring (bicyclic) bond motifs is 1. The Labute approximate surface area is 77.0 Å². The topological polar surface area (TPSA) is 56.3 Å². The number of nitrogens with one attached hydrogen (secondary N) is 1. The molecule has 1 aromatic heterocycles. The fourth-order valence-corrected chi connectivity index (χ4v) is 1.36. The van der Waals surface area contributed by atoms with Crippen molar-refractivity contribution in [1.29, 1.82) is 0 Å². The molecule has 0 aliphatic carbocycles. The summed E-state index contributed by atoms with van der Waals surface area (Å²) in [5.74, 6) is 0.990. The van der Waals surface area contributed by atoms with Gasteiger partial charge in [0, 0.05) is 6.42 Å². The highest BCUT2D eigenvalue weighted by Gasteiger charge is 2.11. The number of para-hydroxylation sites is 2. The highest BCUT2D eigenvalue weighted by Crippen LogP contribution is 2.14. The highest BCUT2D eigenvalue weighted by atomic mass is 15.0. The van der Waals surface area contributed by atoms with Crippen LogP contribution in [0.25, 0.3) is 11.0 Å². The van der Waals surface area contributed by atoms with Gasteiger partial charge in [-0.2, -0.15) is 0 Å². The van der Waals surface area contributed by atoms with Gasteiger partial charge in [0.05, 0.1) is 11.0 Å². The number of rotatable bonds is 2. The molecule has 3 heteroatoms. The molecule has 68 valence electrons. The summed E-state index contributed by atoms with van der Waals surface area (Å²) in [5, 5.41) is 0. The smallest absolute Gasteiger partial charge is 0.165 e. The van der Waals surface area contributed by atoms with Crippen LogP contribution in [0.2, 0.25) is 0 Å². The molecule has 0 aliphatic rings.